The highest BCUT2D eigenvalue weighted by Crippen LogP contribution is 2.31. The number of furan rings is 1. The minimum Gasteiger partial charge on any atom is -0.493 e. The SMILES string of the molecule is COc1ccc(S(=O)(=O)N(CCc2ccccc2)CC(=O)N/N=C\c2ccc(CN(Cc3ccc(Cl)c(Cl)c3)S(=O)(=O)c3ccc(C)cc3)o2)cc1OC. The number of hydrazone groups is 1. The minimum absolute atomic E-state index is 0.00356. The first-order valence-corrected chi connectivity index (χ1v) is 20.1. The molecule has 5 rings (SSSR count). The third-order valence-corrected chi connectivity index (χ3v) is 12.6. The summed E-state index contributed by atoms with van der Waals surface area (Å²) in [6.45, 7) is 1.16. The van der Waals surface area contributed by atoms with Gasteiger partial charge in [0.1, 0.15) is 11.5 Å². The smallest absolute Gasteiger partial charge is 0.255 e. The molecule has 0 aliphatic heterocycles. The van der Waals surface area contributed by atoms with Crippen molar-refractivity contribution in [3.63, 3.8) is 0 Å². The molecule has 0 saturated heterocycles. The Morgan fingerprint density at radius 1 is 0.759 bits per heavy atom. The van der Waals surface area contributed by atoms with Crippen LogP contribution >= 0.6 is 23.2 Å². The maximum absolute atomic E-state index is 13.8. The number of rotatable bonds is 17. The molecule has 1 N–H and O–H groups in total. The summed E-state index contributed by atoms with van der Waals surface area (Å²) in [5.74, 6) is 0.386. The fourth-order valence-corrected chi connectivity index (χ4v) is 8.45. The second-order valence-electron chi connectivity index (χ2n) is 12.0. The summed E-state index contributed by atoms with van der Waals surface area (Å²) in [5.41, 5.74) is 4.77. The quantitative estimate of drug-likeness (QED) is 0.0808. The molecule has 0 fully saturated rings. The molecule has 16 heteroatoms. The molecule has 0 unspecified atom stereocenters. The van der Waals surface area contributed by atoms with Crippen molar-refractivity contribution in [3.05, 3.63) is 141 Å². The normalized spacial score (nSPS) is 12.1. The van der Waals surface area contributed by atoms with Crippen LogP contribution in [0.4, 0.5) is 0 Å². The van der Waals surface area contributed by atoms with E-state index in [4.69, 9.17) is 37.1 Å². The van der Waals surface area contributed by atoms with Crippen molar-refractivity contribution in [1.29, 1.82) is 0 Å². The van der Waals surface area contributed by atoms with E-state index in [1.807, 2.05) is 37.3 Å². The number of sulfonamides is 2. The number of carbonyl (C=O) groups is 1. The van der Waals surface area contributed by atoms with E-state index in [1.165, 1.54) is 55.1 Å². The average Bonchev–Trinajstić information content (AvgIpc) is 3.61. The minimum atomic E-state index is -4.17. The highest BCUT2D eigenvalue weighted by Gasteiger charge is 2.29. The number of amides is 1. The third-order valence-electron chi connectivity index (χ3n) is 8.20. The number of hydrogen-bond acceptors (Lipinski definition) is 9. The number of aryl methyl sites for hydroxylation is 1. The second-order valence-corrected chi connectivity index (χ2v) is 16.7. The molecule has 284 valence electrons. The fourth-order valence-electron chi connectivity index (χ4n) is 5.32. The van der Waals surface area contributed by atoms with Gasteiger partial charge in [-0.2, -0.15) is 13.7 Å². The maximum Gasteiger partial charge on any atom is 0.255 e. The molecule has 4 aromatic carbocycles. The number of carbonyl (C=O) groups excluding carboxylic acids is 1. The Kier molecular flexibility index (Phi) is 13.6. The largest absolute Gasteiger partial charge is 0.493 e. The standard InChI is InChI=1S/C38H38Cl2N4O8S2/c1-27-9-14-32(15-10-27)53(46,47)44(24-29-11-17-34(39)35(40)21-29)25-31-13-12-30(52-31)23-41-42-38(45)26-43(20-19-28-7-5-4-6-8-28)54(48,49)33-16-18-36(50-2)37(22-33)51-3/h4-18,21-23H,19-20,24-26H2,1-3H3,(H,42,45)/b41-23-. The van der Waals surface area contributed by atoms with Gasteiger partial charge in [0.25, 0.3) is 5.91 Å². The summed E-state index contributed by atoms with van der Waals surface area (Å²) in [7, 11) is -5.32. The van der Waals surface area contributed by atoms with Crippen LogP contribution in [0.2, 0.25) is 10.0 Å². The molecule has 0 aliphatic carbocycles. The molecule has 1 aromatic heterocycles. The molecule has 0 aliphatic rings. The van der Waals surface area contributed by atoms with Gasteiger partial charge in [-0.15, -0.1) is 0 Å². The Balaban J connectivity index is 1.30. The van der Waals surface area contributed by atoms with E-state index in [0.717, 1.165) is 15.4 Å². The number of nitrogens with zero attached hydrogens (tertiary/aromatic N) is 3. The van der Waals surface area contributed by atoms with Crippen LogP contribution in [0, 0.1) is 6.92 Å². The second kappa shape index (κ2) is 18.1. The Morgan fingerprint density at radius 3 is 2.13 bits per heavy atom. The molecule has 0 atom stereocenters. The zero-order valence-corrected chi connectivity index (χ0v) is 32.8. The Labute approximate surface area is 325 Å². The van der Waals surface area contributed by atoms with Crippen LogP contribution < -0.4 is 14.9 Å². The van der Waals surface area contributed by atoms with Gasteiger partial charge in [-0.1, -0.05) is 77.3 Å². The van der Waals surface area contributed by atoms with Gasteiger partial charge < -0.3 is 13.9 Å². The Morgan fingerprint density at radius 2 is 1.44 bits per heavy atom. The number of ether oxygens (including phenoxy) is 2. The predicted molar refractivity (Wildman–Crippen MR) is 207 cm³/mol. The van der Waals surface area contributed by atoms with Gasteiger partial charge in [-0.05, 0) is 73.0 Å². The topological polar surface area (TPSA) is 148 Å². The molecule has 0 saturated carbocycles. The van der Waals surface area contributed by atoms with Crippen LogP contribution in [0.1, 0.15) is 28.2 Å². The van der Waals surface area contributed by atoms with Gasteiger partial charge in [0.05, 0.1) is 53.4 Å². The Hall–Kier alpha value is -4.70. The lowest BCUT2D eigenvalue weighted by atomic mass is 10.1. The Bertz CT molecular complexity index is 2320. The predicted octanol–water partition coefficient (Wildman–Crippen LogP) is 6.69. The molecular weight excluding hydrogens is 775 g/mol. The molecule has 12 nitrogen and oxygen atoms in total. The van der Waals surface area contributed by atoms with Crippen LogP contribution in [0.25, 0.3) is 0 Å². The monoisotopic (exact) mass is 812 g/mol. The molecular formula is C38H38Cl2N4O8S2. The number of nitrogens with one attached hydrogen (secondary N) is 1. The molecule has 54 heavy (non-hydrogen) atoms. The van der Waals surface area contributed by atoms with Gasteiger partial charge in [0.15, 0.2) is 11.5 Å². The van der Waals surface area contributed by atoms with Crippen molar-refractivity contribution in [2.45, 2.75) is 36.2 Å². The zero-order valence-electron chi connectivity index (χ0n) is 29.6. The lowest BCUT2D eigenvalue weighted by molar-refractivity contribution is -0.121. The van der Waals surface area contributed by atoms with Crippen molar-refractivity contribution in [2.75, 3.05) is 27.3 Å². The molecule has 5 aromatic rings. The molecule has 1 heterocycles. The van der Waals surface area contributed by atoms with Crippen molar-refractivity contribution in [1.82, 2.24) is 14.0 Å². The van der Waals surface area contributed by atoms with Crippen molar-refractivity contribution in [3.8, 4) is 11.5 Å². The maximum atomic E-state index is 13.8. The highest BCUT2D eigenvalue weighted by molar-refractivity contribution is 7.89. The summed E-state index contributed by atoms with van der Waals surface area (Å²) in [6, 6.07) is 28.1. The summed E-state index contributed by atoms with van der Waals surface area (Å²) in [4.78, 5) is 13.1. The van der Waals surface area contributed by atoms with Crippen LogP contribution in [-0.2, 0) is 44.4 Å². The summed E-state index contributed by atoms with van der Waals surface area (Å²) < 4.78 is 73.9. The first-order valence-electron chi connectivity index (χ1n) is 16.5. The number of halogens is 2. The van der Waals surface area contributed by atoms with Crippen LogP contribution in [0.15, 0.2) is 122 Å². The van der Waals surface area contributed by atoms with E-state index in [0.29, 0.717) is 33.5 Å². The lowest BCUT2D eigenvalue weighted by Crippen LogP contribution is -2.40. The summed E-state index contributed by atoms with van der Waals surface area (Å²) in [6.07, 6.45) is 1.58. The first-order chi connectivity index (χ1) is 25.8. The molecule has 0 bridgehead atoms. The number of hydrogen-bond donors (Lipinski definition) is 1. The van der Waals surface area contributed by atoms with E-state index in [-0.39, 0.29) is 40.9 Å². The first kappa shape index (κ1) is 40.5. The van der Waals surface area contributed by atoms with E-state index in [9.17, 15) is 21.6 Å². The number of methoxy groups -OCH3 is 2. The van der Waals surface area contributed by atoms with Gasteiger partial charge in [0.2, 0.25) is 20.0 Å². The average molecular weight is 814 g/mol. The van der Waals surface area contributed by atoms with E-state index in [2.05, 4.69) is 10.5 Å². The van der Waals surface area contributed by atoms with Gasteiger partial charge in [-0.3, -0.25) is 4.79 Å². The van der Waals surface area contributed by atoms with Crippen molar-refractivity contribution in [2.24, 2.45) is 5.10 Å². The van der Waals surface area contributed by atoms with Crippen LogP contribution in [-0.4, -0.2) is 64.9 Å². The highest BCUT2D eigenvalue weighted by atomic mass is 35.5. The number of benzene rings is 4. The van der Waals surface area contributed by atoms with E-state index in [1.54, 1.807) is 42.5 Å². The lowest BCUT2D eigenvalue weighted by Gasteiger charge is -2.22. The van der Waals surface area contributed by atoms with Crippen LogP contribution in [0.5, 0.6) is 11.5 Å². The van der Waals surface area contributed by atoms with Gasteiger partial charge >= 0.3 is 0 Å². The van der Waals surface area contributed by atoms with Crippen molar-refractivity contribution < 1.29 is 35.5 Å². The van der Waals surface area contributed by atoms with Crippen molar-refractivity contribution >= 4 is 55.4 Å². The molecule has 0 radical (unpaired) electrons. The molecule has 1 amide bonds. The zero-order chi connectivity index (χ0) is 38.9. The van der Waals surface area contributed by atoms with E-state index < -0.39 is 32.5 Å². The summed E-state index contributed by atoms with van der Waals surface area (Å²) >= 11 is 12.3. The van der Waals surface area contributed by atoms with Gasteiger partial charge in [0, 0.05) is 19.2 Å². The van der Waals surface area contributed by atoms with E-state index >= 15 is 0 Å². The summed E-state index contributed by atoms with van der Waals surface area (Å²) in [5, 5.41) is 4.60. The fraction of sp³-hybridized carbons (Fsp3) is 0.211. The van der Waals surface area contributed by atoms with Gasteiger partial charge in [-0.25, -0.2) is 22.3 Å². The molecule has 0 spiro atoms. The van der Waals surface area contributed by atoms with Crippen LogP contribution in [0.3, 0.4) is 0 Å². The third kappa shape index (κ3) is 10.3.